The largest absolute Gasteiger partial charge is 0.497 e. The Morgan fingerprint density at radius 2 is 2.29 bits per heavy atom. The maximum Gasteiger partial charge on any atom is 0.146 e. The van der Waals surface area contributed by atoms with E-state index in [0.717, 1.165) is 23.8 Å². The van der Waals surface area contributed by atoms with Crippen LogP contribution in [0.25, 0.3) is 5.69 Å². The van der Waals surface area contributed by atoms with Crippen molar-refractivity contribution >= 4 is 0 Å². The quantitative estimate of drug-likeness (QED) is 0.846. The van der Waals surface area contributed by atoms with E-state index in [0.29, 0.717) is 6.54 Å². The van der Waals surface area contributed by atoms with E-state index in [1.807, 2.05) is 28.9 Å². The molecule has 0 saturated heterocycles. The molecule has 0 aliphatic heterocycles. The SMILES string of the molecule is CCNCc1ncnn1-c1cccc(OC)c1. The van der Waals surface area contributed by atoms with E-state index in [-0.39, 0.29) is 0 Å². The van der Waals surface area contributed by atoms with Crippen LogP contribution in [0, 0.1) is 0 Å². The van der Waals surface area contributed by atoms with E-state index in [1.165, 1.54) is 0 Å². The Hall–Kier alpha value is -1.88. The van der Waals surface area contributed by atoms with Gasteiger partial charge in [-0.05, 0) is 18.7 Å². The Labute approximate surface area is 100 Å². The molecule has 0 atom stereocenters. The Kier molecular flexibility index (Phi) is 3.72. The molecule has 0 spiro atoms. The first-order valence-electron chi connectivity index (χ1n) is 5.59. The van der Waals surface area contributed by atoms with Crippen LogP contribution in [-0.2, 0) is 6.54 Å². The minimum absolute atomic E-state index is 0.702. The fourth-order valence-electron chi connectivity index (χ4n) is 1.58. The van der Waals surface area contributed by atoms with Gasteiger partial charge in [-0.25, -0.2) is 9.67 Å². The zero-order chi connectivity index (χ0) is 12.1. The lowest BCUT2D eigenvalue weighted by Crippen LogP contribution is -2.16. The summed E-state index contributed by atoms with van der Waals surface area (Å²) in [5.41, 5.74) is 0.953. The van der Waals surface area contributed by atoms with Gasteiger partial charge in [0.05, 0.1) is 19.3 Å². The minimum Gasteiger partial charge on any atom is -0.497 e. The maximum atomic E-state index is 5.20. The van der Waals surface area contributed by atoms with E-state index in [1.54, 1.807) is 13.4 Å². The molecule has 1 aromatic heterocycles. The summed E-state index contributed by atoms with van der Waals surface area (Å²) in [4.78, 5) is 4.23. The average molecular weight is 232 g/mol. The van der Waals surface area contributed by atoms with Crippen LogP contribution >= 0.6 is 0 Å². The number of aromatic nitrogens is 3. The van der Waals surface area contributed by atoms with Crippen molar-refractivity contribution in [3.8, 4) is 11.4 Å². The van der Waals surface area contributed by atoms with E-state index in [2.05, 4.69) is 22.3 Å². The second-order valence-electron chi connectivity index (χ2n) is 3.57. The summed E-state index contributed by atoms with van der Waals surface area (Å²) >= 11 is 0. The van der Waals surface area contributed by atoms with Crippen molar-refractivity contribution in [1.82, 2.24) is 20.1 Å². The van der Waals surface area contributed by atoms with Crippen molar-refractivity contribution in [2.24, 2.45) is 0 Å². The fraction of sp³-hybridized carbons (Fsp3) is 0.333. The van der Waals surface area contributed by atoms with Crippen LogP contribution in [0.15, 0.2) is 30.6 Å². The third-order valence-corrected chi connectivity index (χ3v) is 2.45. The average Bonchev–Trinajstić information content (AvgIpc) is 2.84. The number of hydrogen-bond acceptors (Lipinski definition) is 4. The molecule has 1 aromatic carbocycles. The van der Waals surface area contributed by atoms with E-state index < -0.39 is 0 Å². The summed E-state index contributed by atoms with van der Waals surface area (Å²) in [6, 6.07) is 7.76. The molecule has 0 aliphatic carbocycles. The van der Waals surface area contributed by atoms with Crippen LogP contribution in [0.3, 0.4) is 0 Å². The first-order valence-corrected chi connectivity index (χ1v) is 5.59. The van der Waals surface area contributed by atoms with Crippen LogP contribution in [0.1, 0.15) is 12.7 Å². The molecule has 0 aliphatic rings. The topological polar surface area (TPSA) is 52.0 Å². The Morgan fingerprint density at radius 1 is 1.41 bits per heavy atom. The monoisotopic (exact) mass is 232 g/mol. The van der Waals surface area contributed by atoms with Gasteiger partial charge >= 0.3 is 0 Å². The normalized spacial score (nSPS) is 10.5. The fourth-order valence-corrected chi connectivity index (χ4v) is 1.58. The summed E-state index contributed by atoms with van der Waals surface area (Å²) in [7, 11) is 1.65. The first kappa shape index (κ1) is 11.6. The van der Waals surface area contributed by atoms with Gasteiger partial charge in [0.15, 0.2) is 0 Å². The van der Waals surface area contributed by atoms with Crippen molar-refractivity contribution in [3.05, 3.63) is 36.4 Å². The lowest BCUT2D eigenvalue weighted by molar-refractivity contribution is 0.414. The van der Waals surface area contributed by atoms with E-state index in [4.69, 9.17) is 4.74 Å². The highest BCUT2D eigenvalue weighted by Gasteiger charge is 2.06. The van der Waals surface area contributed by atoms with Gasteiger partial charge in [0, 0.05) is 6.07 Å². The van der Waals surface area contributed by atoms with Crippen molar-refractivity contribution in [3.63, 3.8) is 0 Å². The molecule has 17 heavy (non-hydrogen) atoms. The number of methoxy groups -OCH3 is 1. The maximum absolute atomic E-state index is 5.20. The molecule has 0 bridgehead atoms. The molecule has 0 saturated carbocycles. The van der Waals surface area contributed by atoms with Crippen LogP contribution in [0.4, 0.5) is 0 Å². The third-order valence-electron chi connectivity index (χ3n) is 2.45. The highest BCUT2D eigenvalue weighted by molar-refractivity contribution is 5.38. The van der Waals surface area contributed by atoms with Gasteiger partial charge in [0.1, 0.15) is 17.9 Å². The number of nitrogens with one attached hydrogen (secondary N) is 1. The number of hydrogen-bond donors (Lipinski definition) is 1. The summed E-state index contributed by atoms with van der Waals surface area (Å²) in [5.74, 6) is 1.70. The van der Waals surface area contributed by atoms with E-state index >= 15 is 0 Å². The van der Waals surface area contributed by atoms with E-state index in [9.17, 15) is 0 Å². The third kappa shape index (κ3) is 2.62. The lowest BCUT2D eigenvalue weighted by Gasteiger charge is -2.07. The van der Waals surface area contributed by atoms with Crippen molar-refractivity contribution in [2.45, 2.75) is 13.5 Å². The zero-order valence-corrected chi connectivity index (χ0v) is 10.1. The highest BCUT2D eigenvalue weighted by atomic mass is 16.5. The predicted octanol–water partition coefficient (Wildman–Crippen LogP) is 1.39. The van der Waals surface area contributed by atoms with Gasteiger partial charge in [-0.3, -0.25) is 0 Å². The Morgan fingerprint density at radius 3 is 3.06 bits per heavy atom. The molecule has 0 radical (unpaired) electrons. The van der Waals surface area contributed by atoms with Crippen LogP contribution in [0.5, 0.6) is 5.75 Å². The van der Waals surface area contributed by atoms with Crippen molar-refractivity contribution in [2.75, 3.05) is 13.7 Å². The van der Waals surface area contributed by atoms with Gasteiger partial charge in [0.2, 0.25) is 0 Å². The number of benzene rings is 1. The summed E-state index contributed by atoms with van der Waals surface area (Å²) in [5, 5.41) is 7.46. The predicted molar refractivity (Wildman–Crippen MR) is 65.3 cm³/mol. The molecule has 1 heterocycles. The summed E-state index contributed by atoms with van der Waals surface area (Å²) in [6.45, 7) is 3.67. The number of rotatable bonds is 5. The molecule has 0 unspecified atom stereocenters. The molecule has 0 fully saturated rings. The molecular weight excluding hydrogens is 216 g/mol. The number of nitrogens with zero attached hydrogens (tertiary/aromatic N) is 3. The first-order chi connectivity index (χ1) is 8.35. The minimum atomic E-state index is 0.702. The zero-order valence-electron chi connectivity index (χ0n) is 10.1. The van der Waals surface area contributed by atoms with Crippen LogP contribution in [0.2, 0.25) is 0 Å². The molecule has 90 valence electrons. The Bertz CT molecular complexity index is 481. The highest BCUT2D eigenvalue weighted by Crippen LogP contribution is 2.16. The second kappa shape index (κ2) is 5.45. The molecule has 2 aromatic rings. The number of ether oxygens (including phenoxy) is 1. The van der Waals surface area contributed by atoms with Crippen molar-refractivity contribution in [1.29, 1.82) is 0 Å². The molecule has 1 N–H and O–H groups in total. The van der Waals surface area contributed by atoms with Gasteiger partial charge in [-0.1, -0.05) is 13.0 Å². The molecule has 2 rings (SSSR count). The molecular formula is C12H16N4O. The lowest BCUT2D eigenvalue weighted by atomic mass is 10.3. The molecule has 5 heteroatoms. The molecule has 5 nitrogen and oxygen atoms in total. The van der Waals surface area contributed by atoms with Gasteiger partial charge < -0.3 is 10.1 Å². The summed E-state index contributed by atoms with van der Waals surface area (Å²) in [6.07, 6.45) is 1.56. The van der Waals surface area contributed by atoms with Gasteiger partial charge in [-0.2, -0.15) is 5.10 Å². The van der Waals surface area contributed by atoms with Gasteiger partial charge in [-0.15, -0.1) is 0 Å². The van der Waals surface area contributed by atoms with Crippen LogP contribution in [-0.4, -0.2) is 28.4 Å². The smallest absolute Gasteiger partial charge is 0.146 e. The van der Waals surface area contributed by atoms with Crippen molar-refractivity contribution < 1.29 is 4.74 Å². The summed E-state index contributed by atoms with van der Waals surface area (Å²) < 4.78 is 7.01. The Balaban J connectivity index is 2.28. The second-order valence-corrected chi connectivity index (χ2v) is 3.57. The molecule has 0 amide bonds. The van der Waals surface area contributed by atoms with Crippen LogP contribution < -0.4 is 10.1 Å². The standard InChI is InChI=1S/C12H16N4O/c1-3-13-8-12-14-9-15-16(12)10-5-4-6-11(7-10)17-2/h4-7,9,13H,3,8H2,1-2H3. The van der Waals surface area contributed by atoms with Gasteiger partial charge in [0.25, 0.3) is 0 Å².